The number of carboxylic acids is 1. The van der Waals surface area contributed by atoms with Crippen LogP contribution in [0.1, 0.15) is 31.2 Å². The van der Waals surface area contributed by atoms with Gasteiger partial charge in [0.15, 0.2) is 0 Å². The molecule has 0 unspecified atom stereocenters. The summed E-state index contributed by atoms with van der Waals surface area (Å²) in [7, 11) is 0. The van der Waals surface area contributed by atoms with Gasteiger partial charge in [-0.3, -0.25) is 9.59 Å². The molecule has 0 heterocycles. The first-order chi connectivity index (χ1) is 8.04. The molecule has 0 aromatic heterocycles. The summed E-state index contributed by atoms with van der Waals surface area (Å²) in [4.78, 5) is 22.7. The van der Waals surface area contributed by atoms with Gasteiger partial charge in [0.05, 0.1) is 5.41 Å². The van der Waals surface area contributed by atoms with Crippen LogP contribution in [0.3, 0.4) is 0 Å². The van der Waals surface area contributed by atoms with Crippen LogP contribution >= 0.6 is 0 Å². The Labute approximate surface area is 98.3 Å². The number of rotatable bonds is 2. The van der Waals surface area contributed by atoms with Gasteiger partial charge < -0.3 is 5.11 Å². The fourth-order valence-corrected chi connectivity index (χ4v) is 2.35. The van der Waals surface area contributed by atoms with Crippen molar-refractivity contribution in [1.29, 1.82) is 0 Å². The van der Waals surface area contributed by atoms with Crippen LogP contribution in [0.2, 0.25) is 0 Å². The van der Waals surface area contributed by atoms with E-state index in [2.05, 4.69) is 0 Å². The van der Waals surface area contributed by atoms with E-state index < -0.39 is 11.4 Å². The third-order valence-electron chi connectivity index (χ3n) is 3.47. The van der Waals surface area contributed by atoms with Crippen LogP contribution in [0.4, 0.5) is 4.39 Å². The van der Waals surface area contributed by atoms with Crippen LogP contribution in [0.25, 0.3) is 0 Å². The minimum Gasteiger partial charge on any atom is -0.481 e. The Balaban J connectivity index is 2.38. The Morgan fingerprint density at radius 2 is 1.71 bits per heavy atom. The van der Waals surface area contributed by atoms with Crippen molar-refractivity contribution in [1.82, 2.24) is 0 Å². The van der Waals surface area contributed by atoms with Crippen LogP contribution in [-0.2, 0) is 15.0 Å². The molecule has 0 amide bonds. The largest absolute Gasteiger partial charge is 0.481 e. The molecule has 0 saturated heterocycles. The maximum Gasteiger partial charge on any atom is 0.314 e. The van der Waals surface area contributed by atoms with Crippen LogP contribution in [0, 0.1) is 5.82 Å². The molecule has 0 atom stereocenters. The van der Waals surface area contributed by atoms with Gasteiger partial charge in [-0.15, -0.1) is 0 Å². The highest BCUT2D eigenvalue weighted by atomic mass is 19.1. The first-order valence-electron chi connectivity index (χ1n) is 5.56. The lowest BCUT2D eigenvalue weighted by Crippen LogP contribution is -2.39. The van der Waals surface area contributed by atoms with Crippen molar-refractivity contribution in [3.8, 4) is 0 Å². The standard InChI is InChI=1S/C13H13FO3/c14-10-3-1-9(2-4-10)13(12(16)17)7-5-11(15)6-8-13/h1-4H,5-8H2,(H,16,17). The molecule has 1 aromatic rings. The van der Waals surface area contributed by atoms with Crippen LogP contribution in [0.5, 0.6) is 0 Å². The number of Topliss-reactive ketones (excluding diaryl/α,β-unsaturated/α-hetero) is 1. The second-order valence-electron chi connectivity index (χ2n) is 4.43. The Morgan fingerprint density at radius 3 is 2.18 bits per heavy atom. The number of hydrogen-bond donors (Lipinski definition) is 1. The van der Waals surface area contributed by atoms with Crippen molar-refractivity contribution in [2.75, 3.05) is 0 Å². The maximum absolute atomic E-state index is 12.8. The summed E-state index contributed by atoms with van der Waals surface area (Å²) in [5, 5.41) is 9.39. The molecule has 1 fully saturated rings. The van der Waals surface area contributed by atoms with Gasteiger partial charge in [-0.2, -0.15) is 0 Å². The Bertz CT molecular complexity index is 440. The molecular formula is C13H13FO3. The van der Waals surface area contributed by atoms with E-state index in [0.29, 0.717) is 18.4 Å². The van der Waals surface area contributed by atoms with Gasteiger partial charge in [0, 0.05) is 12.8 Å². The van der Waals surface area contributed by atoms with Crippen LogP contribution < -0.4 is 0 Å². The Morgan fingerprint density at radius 1 is 1.18 bits per heavy atom. The summed E-state index contributed by atoms with van der Waals surface area (Å²) >= 11 is 0. The van der Waals surface area contributed by atoms with E-state index in [4.69, 9.17) is 0 Å². The summed E-state index contributed by atoms with van der Waals surface area (Å²) in [6.45, 7) is 0. The van der Waals surface area contributed by atoms with Crippen molar-refractivity contribution in [2.24, 2.45) is 0 Å². The van der Waals surface area contributed by atoms with E-state index in [0.717, 1.165) is 0 Å². The molecule has 4 heteroatoms. The molecule has 0 radical (unpaired) electrons. The molecular weight excluding hydrogens is 223 g/mol. The minimum atomic E-state index is -1.03. The van der Waals surface area contributed by atoms with Gasteiger partial charge in [0.1, 0.15) is 11.6 Å². The van der Waals surface area contributed by atoms with Gasteiger partial charge in [-0.1, -0.05) is 12.1 Å². The van der Waals surface area contributed by atoms with E-state index in [-0.39, 0.29) is 24.4 Å². The molecule has 1 aliphatic rings. The number of carboxylic acid groups (broad SMARTS) is 1. The average Bonchev–Trinajstić information content (AvgIpc) is 2.31. The monoisotopic (exact) mass is 236 g/mol. The molecule has 2 rings (SSSR count). The normalized spacial score (nSPS) is 19.0. The molecule has 17 heavy (non-hydrogen) atoms. The third kappa shape index (κ3) is 2.07. The second-order valence-corrected chi connectivity index (χ2v) is 4.43. The molecule has 0 spiro atoms. The quantitative estimate of drug-likeness (QED) is 0.857. The fourth-order valence-electron chi connectivity index (χ4n) is 2.35. The van der Waals surface area contributed by atoms with Crippen LogP contribution in [0.15, 0.2) is 24.3 Å². The average molecular weight is 236 g/mol. The lowest BCUT2D eigenvalue weighted by Gasteiger charge is -2.33. The lowest BCUT2D eigenvalue weighted by molar-refractivity contribution is -0.146. The predicted molar refractivity (Wildman–Crippen MR) is 59.2 cm³/mol. The number of aliphatic carboxylic acids is 1. The minimum absolute atomic E-state index is 0.101. The molecule has 0 bridgehead atoms. The van der Waals surface area contributed by atoms with Crippen molar-refractivity contribution >= 4 is 11.8 Å². The summed E-state index contributed by atoms with van der Waals surface area (Å²) in [6.07, 6.45) is 1.16. The van der Waals surface area contributed by atoms with Gasteiger partial charge in [0.2, 0.25) is 0 Å². The van der Waals surface area contributed by atoms with Gasteiger partial charge >= 0.3 is 5.97 Å². The number of carbonyl (C=O) groups is 2. The summed E-state index contributed by atoms with van der Waals surface area (Å²) in [6, 6.07) is 5.52. The van der Waals surface area contributed by atoms with Crippen molar-refractivity contribution in [2.45, 2.75) is 31.1 Å². The first kappa shape index (κ1) is 11.8. The second kappa shape index (κ2) is 4.28. The zero-order valence-corrected chi connectivity index (χ0v) is 9.28. The molecule has 1 aliphatic carbocycles. The van der Waals surface area contributed by atoms with Gasteiger partial charge in [-0.25, -0.2) is 4.39 Å². The number of carbonyl (C=O) groups excluding carboxylic acids is 1. The molecule has 90 valence electrons. The number of hydrogen-bond acceptors (Lipinski definition) is 2. The smallest absolute Gasteiger partial charge is 0.314 e. The third-order valence-corrected chi connectivity index (χ3v) is 3.47. The molecule has 3 nitrogen and oxygen atoms in total. The fraction of sp³-hybridized carbons (Fsp3) is 0.385. The van der Waals surface area contributed by atoms with Crippen molar-refractivity contribution in [3.05, 3.63) is 35.6 Å². The number of ketones is 1. The van der Waals surface area contributed by atoms with Crippen LogP contribution in [-0.4, -0.2) is 16.9 Å². The number of halogens is 1. The lowest BCUT2D eigenvalue weighted by atomic mass is 9.69. The summed E-state index contributed by atoms with van der Waals surface area (Å²) in [5.74, 6) is -1.22. The topological polar surface area (TPSA) is 54.4 Å². The molecule has 1 aromatic carbocycles. The zero-order valence-electron chi connectivity index (χ0n) is 9.28. The van der Waals surface area contributed by atoms with Gasteiger partial charge in [-0.05, 0) is 30.5 Å². The first-order valence-corrected chi connectivity index (χ1v) is 5.56. The molecule has 0 aliphatic heterocycles. The molecule has 1 N–H and O–H groups in total. The highest BCUT2D eigenvalue weighted by Crippen LogP contribution is 2.38. The summed E-state index contributed by atoms with van der Waals surface area (Å²) in [5.41, 5.74) is -0.444. The SMILES string of the molecule is O=C1CCC(C(=O)O)(c2ccc(F)cc2)CC1. The Kier molecular flexibility index (Phi) is 2.96. The molecule has 1 saturated carbocycles. The predicted octanol–water partition coefficient (Wildman–Crippen LogP) is 2.29. The van der Waals surface area contributed by atoms with E-state index >= 15 is 0 Å². The van der Waals surface area contributed by atoms with Gasteiger partial charge in [0.25, 0.3) is 0 Å². The van der Waals surface area contributed by atoms with E-state index in [1.165, 1.54) is 24.3 Å². The highest BCUT2D eigenvalue weighted by molar-refractivity contribution is 5.87. The summed E-state index contributed by atoms with van der Waals surface area (Å²) < 4.78 is 12.8. The zero-order chi connectivity index (χ0) is 12.5. The van der Waals surface area contributed by atoms with Crippen molar-refractivity contribution < 1.29 is 19.1 Å². The van der Waals surface area contributed by atoms with E-state index in [9.17, 15) is 19.1 Å². The Hall–Kier alpha value is -1.71. The van der Waals surface area contributed by atoms with E-state index in [1.807, 2.05) is 0 Å². The maximum atomic E-state index is 12.8. The van der Waals surface area contributed by atoms with Crippen molar-refractivity contribution in [3.63, 3.8) is 0 Å². The highest BCUT2D eigenvalue weighted by Gasteiger charge is 2.43. The number of benzene rings is 1. The van der Waals surface area contributed by atoms with E-state index in [1.54, 1.807) is 0 Å².